The van der Waals surface area contributed by atoms with Crippen LogP contribution in [0.3, 0.4) is 0 Å². The molecule has 0 aromatic carbocycles. The molecule has 1 aromatic rings. The Kier molecular flexibility index (Phi) is 7.64. The fourth-order valence-electron chi connectivity index (χ4n) is 3.39. The largest absolute Gasteiger partial charge is 0.370 e. The van der Waals surface area contributed by atoms with E-state index < -0.39 is 5.60 Å². The lowest BCUT2D eigenvalue weighted by molar-refractivity contribution is -0.125. The minimum atomic E-state index is -0.613. The molecule has 0 saturated carbocycles. The number of amides is 2. The van der Waals surface area contributed by atoms with E-state index in [1.54, 1.807) is 9.58 Å². The van der Waals surface area contributed by atoms with Crippen molar-refractivity contribution in [1.82, 2.24) is 20.0 Å². The molecule has 154 valence electrons. The summed E-state index contributed by atoms with van der Waals surface area (Å²) >= 11 is 0. The van der Waals surface area contributed by atoms with Crippen molar-refractivity contribution in [1.29, 1.82) is 0 Å². The van der Waals surface area contributed by atoms with Crippen molar-refractivity contribution in [2.75, 3.05) is 26.2 Å². The number of aryl methyl sites for hydroxylation is 1. The van der Waals surface area contributed by atoms with Crippen LogP contribution < -0.4 is 5.32 Å². The van der Waals surface area contributed by atoms with Crippen LogP contribution in [0.25, 0.3) is 0 Å². The molecule has 7 heteroatoms. The Labute approximate surface area is 167 Å². The summed E-state index contributed by atoms with van der Waals surface area (Å²) in [6, 6.07) is 1.86. The zero-order valence-corrected chi connectivity index (χ0v) is 17.5. The lowest BCUT2D eigenvalue weighted by Gasteiger charge is -2.40. The topological polar surface area (TPSA) is 76.5 Å². The predicted molar refractivity (Wildman–Crippen MR) is 108 cm³/mol. The molecule has 1 atom stereocenters. The summed E-state index contributed by atoms with van der Waals surface area (Å²) in [4.78, 5) is 26.7. The molecule has 2 heterocycles. The molecule has 7 nitrogen and oxygen atoms in total. The van der Waals surface area contributed by atoms with E-state index in [1.807, 2.05) is 20.0 Å². The number of carbonyl (C=O) groups excluding carboxylic acids is 2. The van der Waals surface area contributed by atoms with Crippen molar-refractivity contribution >= 4 is 11.8 Å². The number of carbonyl (C=O) groups is 2. The molecule has 1 unspecified atom stereocenters. The van der Waals surface area contributed by atoms with E-state index >= 15 is 0 Å². The predicted octanol–water partition coefficient (Wildman–Crippen LogP) is 2.08. The lowest BCUT2D eigenvalue weighted by Crippen LogP contribution is -2.57. The standard InChI is InChI=1S/C21H32N4O3/c1-6-7-8-9-10-19(26)22-14-21(4)15-25(11-12-28-21)20(27)17-13-18(16(2)3)24(5)23-17/h1,13,16H,7-12,14-15H2,2-5H3,(H,22,26). The third kappa shape index (κ3) is 5.83. The van der Waals surface area contributed by atoms with Gasteiger partial charge in [0.05, 0.1) is 13.2 Å². The first-order valence-electron chi connectivity index (χ1n) is 9.93. The molecule has 0 aliphatic carbocycles. The third-order valence-corrected chi connectivity index (χ3v) is 4.99. The highest BCUT2D eigenvalue weighted by molar-refractivity contribution is 5.92. The van der Waals surface area contributed by atoms with Crippen molar-refractivity contribution in [2.24, 2.45) is 7.05 Å². The van der Waals surface area contributed by atoms with Crippen LogP contribution in [0, 0.1) is 12.3 Å². The van der Waals surface area contributed by atoms with Crippen LogP contribution in [0.5, 0.6) is 0 Å². The Hall–Kier alpha value is -2.33. The van der Waals surface area contributed by atoms with E-state index in [2.05, 4.69) is 30.2 Å². The molecule has 0 spiro atoms. The molecular weight excluding hydrogens is 356 g/mol. The van der Waals surface area contributed by atoms with Crippen LogP contribution in [0.2, 0.25) is 0 Å². The van der Waals surface area contributed by atoms with E-state index in [0.717, 1.165) is 18.5 Å². The highest BCUT2D eigenvalue weighted by Crippen LogP contribution is 2.21. The van der Waals surface area contributed by atoms with Gasteiger partial charge in [-0.1, -0.05) is 13.8 Å². The maximum absolute atomic E-state index is 12.9. The highest BCUT2D eigenvalue weighted by Gasteiger charge is 2.35. The number of nitrogens with one attached hydrogen (secondary N) is 1. The van der Waals surface area contributed by atoms with Crippen LogP contribution in [-0.2, 0) is 16.6 Å². The van der Waals surface area contributed by atoms with Gasteiger partial charge in [0, 0.05) is 38.7 Å². The summed E-state index contributed by atoms with van der Waals surface area (Å²) < 4.78 is 7.64. The maximum Gasteiger partial charge on any atom is 0.274 e. The number of ether oxygens (including phenoxy) is 1. The van der Waals surface area contributed by atoms with E-state index in [1.165, 1.54) is 0 Å². The van der Waals surface area contributed by atoms with Gasteiger partial charge in [0.2, 0.25) is 5.91 Å². The Morgan fingerprint density at radius 2 is 2.18 bits per heavy atom. The molecule has 1 N–H and O–H groups in total. The third-order valence-electron chi connectivity index (χ3n) is 4.99. The van der Waals surface area contributed by atoms with Gasteiger partial charge in [-0.3, -0.25) is 14.3 Å². The number of unbranched alkanes of at least 4 members (excludes halogenated alkanes) is 2. The summed E-state index contributed by atoms with van der Waals surface area (Å²) in [5.41, 5.74) is 0.863. The number of rotatable bonds is 8. The maximum atomic E-state index is 12.9. The second kappa shape index (κ2) is 9.74. The van der Waals surface area contributed by atoms with Crippen molar-refractivity contribution in [3.05, 3.63) is 17.5 Å². The fraction of sp³-hybridized carbons (Fsp3) is 0.667. The number of hydrogen-bond donors (Lipinski definition) is 1. The van der Waals surface area contributed by atoms with Crippen LogP contribution in [0.1, 0.15) is 68.6 Å². The van der Waals surface area contributed by atoms with Gasteiger partial charge in [-0.05, 0) is 31.7 Å². The van der Waals surface area contributed by atoms with Crippen LogP contribution in [-0.4, -0.2) is 58.3 Å². The first kappa shape index (κ1) is 22.0. The summed E-state index contributed by atoms with van der Waals surface area (Å²) in [6.07, 6.45) is 7.98. The molecular formula is C21H32N4O3. The Balaban J connectivity index is 1.91. The Morgan fingerprint density at radius 3 is 2.82 bits per heavy atom. The van der Waals surface area contributed by atoms with Gasteiger partial charge in [-0.15, -0.1) is 12.3 Å². The molecule has 1 aromatic heterocycles. The fourth-order valence-corrected chi connectivity index (χ4v) is 3.39. The van der Waals surface area contributed by atoms with Gasteiger partial charge >= 0.3 is 0 Å². The summed E-state index contributed by atoms with van der Waals surface area (Å²) in [6.45, 7) is 7.80. The average molecular weight is 389 g/mol. The quantitative estimate of drug-likeness (QED) is 0.546. The second-order valence-electron chi connectivity index (χ2n) is 7.95. The van der Waals surface area contributed by atoms with Gasteiger partial charge < -0.3 is 15.0 Å². The molecule has 1 aliphatic heterocycles. The molecule has 1 aliphatic rings. The molecule has 1 saturated heterocycles. The average Bonchev–Trinajstić information content (AvgIpc) is 3.05. The summed E-state index contributed by atoms with van der Waals surface area (Å²) in [5.74, 6) is 2.76. The zero-order valence-electron chi connectivity index (χ0n) is 17.5. The molecule has 2 rings (SSSR count). The second-order valence-corrected chi connectivity index (χ2v) is 7.95. The van der Waals surface area contributed by atoms with Gasteiger partial charge in [0.15, 0.2) is 5.69 Å². The van der Waals surface area contributed by atoms with Gasteiger partial charge in [0.25, 0.3) is 5.91 Å². The minimum Gasteiger partial charge on any atom is -0.370 e. The number of terminal acetylenes is 1. The van der Waals surface area contributed by atoms with Gasteiger partial charge in [-0.25, -0.2) is 0 Å². The van der Waals surface area contributed by atoms with Crippen molar-refractivity contribution in [3.8, 4) is 12.3 Å². The van der Waals surface area contributed by atoms with Crippen molar-refractivity contribution in [3.63, 3.8) is 0 Å². The Bertz CT molecular complexity index is 734. The van der Waals surface area contributed by atoms with Crippen LogP contribution in [0.15, 0.2) is 6.07 Å². The van der Waals surface area contributed by atoms with Crippen molar-refractivity contribution in [2.45, 2.75) is 58.0 Å². The summed E-state index contributed by atoms with van der Waals surface area (Å²) in [5, 5.41) is 7.30. The van der Waals surface area contributed by atoms with Crippen LogP contribution in [0.4, 0.5) is 0 Å². The smallest absolute Gasteiger partial charge is 0.274 e. The van der Waals surface area contributed by atoms with E-state index in [0.29, 0.717) is 50.7 Å². The lowest BCUT2D eigenvalue weighted by atomic mass is 10.0. The molecule has 0 radical (unpaired) electrons. The molecule has 2 amide bonds. The SMILES string of the molecule is C#CCCCCC(=O)NCC1(C)CN(C(=O)c2cc(C(C)C)n(C)n2)CCO1. The number of morpholine rings is 1. The molecule has 1 fully saturated rings. The van der Waals surface area contributed by atoms with Crippen molar-refractivity contribution < 1.29 is 14.3 Å². The van der Waals surface area contributed by atoms with Gasteiger partial charge in [0.1, 0.15) is 5.60 Å². The van der Waals surface area contributed by atoms with E-state index in [-0.39, 0.29) is 11.8 Å². The normalized spacial score (nSPS) is 19.5. The highest BCUT2D eigenvalue weighted by atomic mass is 16.5. The molecule has 28 heavy (non-hydrogen) atoms. The van der Waals surface area contributed by atoms with Crippen LogP contribution >= 0.6 is 0 Å². The van der Waals surface area contributed by atoms with E-state index in [9.17, 15) is 9.59 Å². The first-order valence-corrected chi connectivity index (χ1v) is 9.93. The number of aromatic nitrogens is 2. The Morgan fingerprint density at radius 1 is 1.43 bits per heavy atom. The monoisotopic (exact) mass is 388 g/mol. The summed E-state index contributed by atoms with van der Waals surface area (Å²) in [7, 11) is 1.86. The number of nitrogens with zero attached hydrogens (tertiary/aromatic N) is 3. The minimum absolute atomic E-state index is 0.0170. The van der Waals surface area contributed by atoms with Gasteiger partial charge in [-0.2, -0.15) is 5.10 Å². The molecule has 0 bridgehead atoms. The number of hydrogen-bond acceptors (Lipinski definition) is 4. The first-order chi connectivity index (χ1) is 13.3. The zero-order chi connectivity index (χ0) is 20.7. The van der Waals surface area contributed by atoms with E-state index in [4.69, 9.17) is 11.2 Å².